The summed E-state index contributed by atoms with van der Waals surface area (Å²) in [5.74, 6) is 0.342. The Bertz CT molecular complexity index is 1690. The Morgan fingerprint density at radius 2 is 1.79 bits per heavy atom. The molecule has 6 atom stereocenters. The van der Waals surface area contributed by atoms with Gasteiger partial charge in [-0.2, -0.15) is 4.98 Å². The van der Waals surface area contributed by atoms with Crippen LogP contribution in [0, 0.1) is 25.7 Å². The Morgan fingerprint density at radius 3 is 2.42 bits per heavy atom. The maximum absolute atomic E-state index is 12.6. The second-order valence-corrected chi connectivity index (χ2v) is 13.5. The van der Waals surface area contributed by atoms with Gasteiger partial charge in [-0.3, -0.25) is 4.98 Å². The maximum Gasteiger partial charge on any atom is 0.573 e. The summed E-state index contributed by atoms with van der Waals surface area (Å²) < 4.78 is 42.7. The number of anilines is 3. The molecular formula is C33H42F3N7O4S. The molecule has 0 bridgehead atoms. The van der Waals surface area contributed by atoms with E-state index in [9.17, 15) is 28.5 Å². The van der Waals surface area contributed by atoms with E-state index >= 15 is 0 Å². The number of aliphatic hydroxyl groups excluding tert-OH is 3. The fourth-order valence-electron chi connectivity index (χ4n) is 6.13. The van der Waals surface area contributed by atoms with Crippen LogP contribution in [0.4, 0.5) is 30.6 Å². The third-order valence-corrected chi connectivity index (χ3v) is 10.1. The number of aryl methyl sites for hydroxylation is 2. The Kier molecular flexibility index (Phi) is 10.9. The number of benzene rings is 1. The summed E-state index contributed by atoms with van der Waals surface area (Å²) in [6, 6.07) is 7.26. The van der Waals surface area contributed by atoms with Crippen molar-refractivity contribution in [1.29, 1.82) is 0 Å². The van der Waals surface area contributed by atoms with Crippen LogP contribution in [0.25, 0.3) is 20.8 Å². The molecule has 2 unspecified atom stereocenters. The number of nitrogens with zero attached hydrogens (tertiary/aromatic N) is 5. The largest absolute Gasteiger partial charge is 0.573 e. The summed E-state index contributed by atoms with van der Waals surface area (Å²) in [6.45, 7) is 8.26. The van der Waals surface area contributed by atoms with Crippen LogP contribution in [0.2, 0.25) is 0 Å². The molecule has 3 aromatic heterocycles. The molecular weight excluding hydrogens is 647 g/mol. The van der Waals surface area contributed by atoms with Gasteiger partial charge in [-0.25, -0.2) is 9.97 Å². The van der Waals surface area contributed by atoms with Crippen LogP contribution in [0.1, 0.15) is 44.5 Å². The number of halogens is 3. The normalized spacial score (nSPS) is 20.9. The number of fused-ring (bicyclic) bond motifs is 1. The zero-order chi connectivity index (χ0) is 34.7. The number of nitrogens with one attached hydrogen (secondary N) is 2. The third-order valence-electron chi connectivity index (χ3n) is 9.09. The fourth-order valence-corrected chi connectivity index (χ4v) is 7.24. The zero-order valence-corrected chi connectivity index (χ0v) is 28.3. The highest BCUT2D eigenvalue weighted by molar-refractivity contribution is 7.21. The van der Waals surface area contributed by atoms with Crippen molar-refractivity contribution in [3.8, 4) is 16.3 Å². The quantitative estimate of drug-likeness (QED) is 0.121. The van der Waals surface area contributed by atoms with Crippen molar-refractivity contribution in [3.05, 3.63) is 47.9 Å². The molecule has 1 aliphatic carbocycles. The number of thiazole rings is 1. The molecule has 1 aliphatic rings. The number of rotatable bonds is 13. The number of hydrogen-bond acceptors (Lipinski definition) is 12. The van der Waals surface area contributed by atoms with E-state index in [1.165, 1.54) is 23.5 Å². The monoisotopic (exact) mass is 689 g/mol. The van der Waals surface area contributed by atoms with E-state index in [1.54, 1.807) is 18.3 Å². The van der Waals surface area contributed by atoms with E-state index < -0.39 is 30.5 Å². The van der Waals surface area contributed by atoms with Crippen LogP contribution in [0.5, 0.6) is 5.75 Å². The number of alkyl halides is 3. The minimum absolute atomic E-state index is 0.0696. The van der Waals surface area contributed by atoms with E-state index in [2.05, 4.69) is 34.2 Å². The standard InChI is InChI=1S/C33H42F3N7O4S/c1-6-20(13-17(2)43(5)22-7-9-23(10-8-22)47-33(34,35)36)15-38-32-39-18(3)26(31-41-27-19(4)37-12-11-25(27)48-31)30(42-32)40-24-14-21(16-44)28(45)29(24)46/h7-12,17,20-21,24,28-29,44-46H,6,13-16H2,1-5H3,(H2,38,39,40,42)/t17-,20?,21-,24?,28-,29+/m1/s1. The first-order chi connectivity index (χ1) is 22.8. The lowest BCUT2D eigenvalue weighted by Gasteiger charge is -2.30. The van der Waals surface area contributed by atoms with Gasteiger partial charge in [-0.15, -0.1) is 24.5 Å². The molecule has 5 rings (SSSR count). The first-order valence-electron chi connectivity index (χ1n) is 15.9. The summed E-state index contributed by atoms with van der Waals surface area (Å²) in [7, 11) is 1.91. The summed E-state index contributed by atoms with van der Waals surface area (Å²) in [6.07, 6.45) is -3.15. The van der Waals surface area contributed by atoms with E-state index in [1.807, 2.05) is 31.9 Å². The predicted octanol–water partition coefficient (Wildman–Crippen LogP) is 5.53. The fraction of sp³-hybridized carbons (Fsp3) is 0.515. The van der Waals surface area contributed by atoms with E-state index in [4.69, 9.17) is 15.0 Å². The summed E-state index contributed by atoms with van der Waals surface area (Å²) in [5.41, 5.74) is 3.72. The molecule has 5 N–H and O–H groups in total. The minimum Gasteiger partial charge on any atom is -0.406 e. The molecule has 0 radical (unpaired) electrons. The van der Waals surface area contributed by atoms with Gasteiger partial charge in [0, 0.05) is 44.0 Å². The van der Waals surface area contributed by atoms with Gasteiger partial charge in [0.15, 0.2) is 0 Å². The Morgan fingerprint density at radius 1 is 1.06 bits per heavy atom. The van der Waals surface area contributed by atoms with Crippen molar-refractivity contribution in [1.82, 2.24) is 19.9 Å². The average molecular weight is 690 g/mol. The zero-order valence-electron chi connectivity index (χ0n) is 27.5. The Labute approximate surface area is 281 Å². The van der Waals surface area contributed by atoms with Crippen molar-refractivity contribution in [2.24, 2.45) is 11.8 Å². The number of pyridine rings is 1. The van der Waals surface area contributed by atoms with E-state index in [0.29, 0.717) is 41.0 Å². The minimum atomic E-state index is -4.74. The topological polar surface area (TPSA) is 149 Å². The van der Waals surface area contributed by atoms with Gasteiger partial charge in [0.25, 0.3) is 0 Å². The van der Waals surface area contributed by atoms with Crippen LogP contribution in [0.15, 0.2) is 36.5 Å². The molecule has 0 spiro atoms. The summed E-state index contributed by atoms with van der Waals surface area (Å²) >= 11 is 1.49. The van der Waals surface area contributed by atoms with Crippen molar-refractivity contribution in [2.75, 3.05) is 35.7 Å². The van der Waals surface area contributed by atoms with Gasteiger partial charge in [-0.1, -0.05) is 13.3 Å². The Balaban J connectivity index is 1.34. The highest BCUT2D eigenvalue weighted by Crippen LogP contribution is 2.38. The molecule has 48 heavy (non-hydrogen) atoms. The molecule has 11 nitrogen and oxygen atoms in total. The number of ether oxygens (including phenoxy) is 1. The predicted molar refractivity (Wildman–Crippen MR) is 180 cm³/mol. The van der Waals surface area contributed by atoms with Gasteiger partial charge in [0.05, 0.1) is 33.8 Å². The molecule has 15 heteroatoms. The van der Waals surface area contributed by atoms with E-state index in [-0.39, 0.29) is 24.3 Å². The van der Waals surface area contributed by atoms with Crippen molar-refractivity contribution < 1.29 is 33.2 Å². The van der Waals surface area contributed by atoms with Gasteiger partial charge in [0.2, 0.25) is 5.95 Å². The van der Waals surface area contributed by atoms with Crippen LogP contribution in [0.3, 0.4) is 0 Å². The van der Waals surface area contributed by atoms with Gasteiger partial charge < -0.3 is 35.6 Å². The second-order valence-electron chi connectivity index (χ2n) is 12.4. The van der Waals surface area contributed by atoms with E-state index in [0.717, 1.165) is 34.4 Å². The lowest BCUT2D eigenvalue weighted by atomic mass is 9.97. The molecule has 260 valence electrons. The molecule has 0 amide bonds. The highest BCUT2D eigenvalue weighted by Gasteiger charge is 2.41. The van der Waals surface area contributed by atoms with Gasteiger partial charge in [-0.05, 0) is 69.9 Å². The lowest BCUT2D eigenvalue weighted by molar-refractivity contribution is -0.274. The van der Waals surface area contributed by atoms with Crippen LogP contribution in [-0.4, -0.2) is 86.1 Å². The number of hydrogen-bond donors (Lipinski definition) is 5. The molecule has 0 aliphatic heterocycles. The third kappa shape index (κ3) is 8.08. The molecule has 1 aromatic carbocycles. The molecule has 1 fully saturated rings. The molecule has 3 heterocycles. The van der Waals surface area contributed by atoms with Crippen molar-refractivity contribution >= 4 is 39.0 Å². The van der Waals surface area contributed by atoms with Crippen LogP contribution < -0.4 is 20.3 Å². The van der Waals surface area contributed by atoms with Gasteiger partial charge >= 0.3 is 6.36 Å². The maximum atomic E-state index is 12.6. The van der Waals surface area contributed by atoms with Crippen molar-refractivity contribution in [2.45, 2.75) is 77.6 Å². The van der Waals surface area contributed by atoms with Crippen molar-refractivity contribution in [3.63, 3.8) is 0 Å². The van der Waals surface area contributed by atoms with Crippen LogP contribution >= 0.6 is 11.3 Å². The summed E-state index contributed by atoms with van der Waals surface area (Å²) in [5, 5.41) is 38.4. The van der Waals surface area contributed by atoms with Gasteiger partial charge in [0.1, 0.15) is 28.2 Å². The molecule has 1 saturated carbocycles. The number of aromatic nitrogens is 4. The lowest BCUT2D eigenvalue weighted by Crippen LogP contribution is -2.36. The number of aliphatic hydroxyl groups is 3. The first kappa shape index (κ1) is 35.5. The van der Waals surface area contributed by atoms with Crippen LogP contribution in [-0.2, 0) is 0 Å². The first-order valence-corrected chi connectivity index (χ1v) is 16.8. The smallest absolute Gasteiger partial charge is 0.406 e. The Hall–Kier alpha value is -3.79. The second kappa shape index (κ2) is 14.8. The highest BCUT2D eigenvalue weighted by atomic mass is 32.1. The average Bonchev–Trinajstić information content (AvgIpc) is 3.59. The molecule has 0 saturated heterocycles. The molecule has 4 aromatic rings. The SMILES string of the molecule is CCC(CNc1nc(C)c(-c2nc3c(C)nccc3s2)c(NC2C[C@H](CO)[C@@H](O)[C@H]2O)n1)C[C@@H](C)N(C)c1ccc(OC(F)(F)F)cc1. The summed E-state index contributed by atoms with van der Waals surface area (Å²) in [4.78, 5) is 20.9.